The van der Waals surface area contributed by atoms with Gasteiger partial charge >= 0.3 is 0 Å². The summed E-state index contributed by atoms with van der Waals surface area (Å²) in [7, 11) is -3.93. The zero-order chi connectivity index (χ0) is 9.23. The van der Waals surface area contributed by atoms with Gasteiger partial charge in [0.25, 0.3) is 0 Å². The Bertz CT molecular complexity index is 264. The van der Waals surface area contributed by atoms with Crippen molar-refractivity contribution in [2.24, 2.45) is 0 Å². The van der Waals surface area contributed by atoms with E-state index in [0.29, 0.717) is 0 Å². The second-order valence-electron chi connectivity index (χ2n) is 2.13. The molecule has 0 spiro atoms. The van der Waals surface area contributed by atoms with Crippen molar-refractivity contribution in [3.05, 3.63) is 9.65 Å². The van der Waals surface area contributed by atoms with E-state index in [4.69, 9.17) is 23.2 Å². The Morgan fingerprint density at radius 2 is 1.73 bits per heavy atom. The molecule has 0 aliphatic carbocycles. The van der Waals surface area contributed by atoms with Crippen molar-refractivity contribution in [3.63, 3.8) is 0 Å². The molecule has 0 unspecified atom stereocenters. The van der Waals surface area contributed by atoms with Crippen LogP contribution in [0.3, 0.4) is 0 Å². The maximum absolute atomic E-state index is 12.6. The molecule has 0 rings (SSSR count). The lowest BCUT2D eigenvalue weighted by Gasteiger charge is -2.03. The lowest BCUT2D eigenvalue weighted by atomic mass is 10.6. The molecule has 0 amide bonds. The third kappa shape index (κ3) is 2.61. The quantitative estimate of drug-likeness (QED) is 0.717. The standard InChI is InChI=1S/C5H7Cl2FO2S/c1-3(2)11(9,10)5(8)4(6)7/h3H,1-2H3. The van der Waals surface area contributed by atoms with Gasteiger partial charge in [-0.15, -0.1) is 0 Å². The van der Waals surface area contributed by atoms with Crippen LogP contribution in [0.25, 0.3) is 0 Å². The van der Waals surface area contributed by atoms with E-state index in [0.717, 1.165) is 0 Å². The van der Waals surface area contributed by atoms with E-state index >= 15 is 0 Å². The molecule has 2 nitrogen and oxygen atoms in total. The fourth-order valence-electron chi connectivity index (χ4n) is 0.314. The van der Waals surface area contributed by atoms with Crippen LogP contribution in [0.4, 0.5) is 4.39 Å². The molecule has 0 aromatic rings. The molecule has 0 saturated carbocycles. The number of halogens is 3. The second-order valence-corrected chi connectivity index (χ2v) is 5.47. The first-order valence-electron chi connectivity index (χ1n) is 2.74. The van der Waals surface area contributed by atoms with Gasteiger partial charge in [0, 0.05) is 0 Å². The van der Waals surface area contributed by atoms with Crippen molar-refractivity contribution < 1.29 is 12.8 Å². The molecule has 66 valence electrons. The summed E-state index contributed by atoms with van der Waals surface area (Å²) >= 11 is 9.90. The van der Waals surface area contributed by atoms with E-state index in [9.17, 15) is 12.8 Å². The summed E-state index contributed by atoms with van der Waals surface area (Å²) in [6.45, 7) is 2.68. The third-order valence-corrected chi connectivity index (χ3v) is 3.52. The van der Waals surface area contributed by atoms with E-state index in [1.807, 2.05) is 0 Å². The monoisotopic (exact) mass is 220 g/mol. The van der Waals surface area contributed by atoms with Gasteiger partial charge in [0.05, 0.1) is 5.25 Å². The maximum Gasteiger partial charge on any atom is 0.244 e. The maximum atomic E-state index is 12.6. The molecular weight excluding hydrogens is 214 g/mol. The third-order valence-electron chi connectivity index (χ3n) is 1.02. The highest BCUT2D eigenvalue weighted by Crippen LogP contribution is 2.23. The van der Waals surface area contributed by atoms with Gasteiger partial charge in [-0.05, 0) is 13.8 Å². The van der Waals surface area contributed by atoms with E-state index < -0.39 is 24.7 Å². The molecule has 0 bridgehead atoms. The molecule has 0 aromatic heterocycles. The fraction of sp³-hybridized carbons (Fsp3) is 0.600. The van der Waals surface area contributed by atoms with E-state index in [1.54, 1.807) is 0 Å². The highest BCUT2D eigenvalue weighted by atomic mass is 35.5. The second kappa shape index (κ2) is 3.74. The summed E-state index contributed by atoms with van der Waals surface area (Å²) in [5.74, 6) is 0. The SMILES string of the molecule is CC(C)S(=O)(=O)C(F)=C(Cl)Cl. The van der Waals surface area contributed by atoms with Gasteiger partial charge < -0.3 is 0 Å². The van der Waals surface area contributed by atoms with Crippen LogP contribution in [0.15, 0.2) is 9.65 Å². The molecule has 0 aliphatic rings. The van der Waals surface area contributed by atoms with E-state index in [1.165, 1.54) is 13.8 Å². The van der Waals surface area contributed by atoms with Gasteiger partial charge in [-0.25, -0.2) is 8.42 Å². The van der Waals surface area contributed by atoms with Crippen LogP contribution in [-0.2, 0) is 9.84 Å². The van der Waals surface area contributed by atoms with Crippen molar-refractivity contribution in [2.45, 2.75) is 19.1 Å². The summed E-state index contributed by atoms with van der Waals surface area (Å²) in [6.07, 6.45) is 0. The Labute approximate surface area is 74.9 Å². The minimum Gasteiger partial charge on any atom is -0.221 e. The Morgan fingerprint density at radius 3 is 1.82 bits per heavy atom. The molecule has 0 aromatic carbocycles. The van der Waals surface area contributed by atoms with Gasteiger partial charge in [0.1, 0.15) is 0 Å². The number of rotatable bonds is 2. The predicted molar refractivity (Wildman–Crippen MR) is 43.9 cm³/mol. The lowest BCUT2D eigenvalue weighted by molar-refractivity contribution is 0.569. The largest absolute Gasteiger partial charge is 0.244 e. The van der Waals surface area contributed by atoms with Crippen molar-refractivity contribution >= 4 is 33.0 Å². The van der Waals surface area contributed by atoms with Crippen LogP contribution in [0.1, 0.15) is 13.8 Å². The predicted octanol–water partition coefficient (Wildman–Crippen LogP) is 2.38. The van der Waals surface area contributed by atoms with Gasteiger partial charge in [-0.1, -0.05) is 23.2 Å². The zero-order valence-electron chi connectivity index (χ0n) is 5.94. The Hall–Kier alpha value is 0.200. The van der Waals surface area contributed by atoms with Crippen molar-refractivity contribution in [3.8, 4) is 0 Å². The number of hydrogen-bond donors (Lipinski definition) is 0. The van der Waals surface area contributed by atoms with Crippen LogP contribution < -0.4 is 0 Å². The smallest absolute Gasteiger partial charge is 0.221 e. The van der Waals surface area contributed by atoms with Crippen LogP contribution in [-0.4, -0.2) is 13.7 Å². The number of hydrogen-bond acceptors (Lipinski definition) is 2. The minimum absolute atomic E-state index is 0.848. The summed E-state index contributed by atoms with van der Waals surface area (Å²) < 4.78 is 33.5. The van der Waals surface area contributed by atoms with Gasteiger partial charge in [-0.3, -0.25) is 0 Å². The first kappa shape index (κ1) is 11.2. The summed E-state index contributed by atoms with van der Waals surface area (Å²) in [6, 6.07) is 0. The minimum atomic E-state index is -3.93. The molecule has 0 aliphatic heterocycles. The molecule has 0 heterocycles. The summed E-state index contributed by atoms with van der Waals surface area (Å²) in [5, 5.41) is -2.31. The first-order valence-corrected chi connectivity index (χ1v) is 5.05. The van der Waals surface area contributed by atoms with Gasteiger partial charge in [0.2, 0.25) is 15.0 Å². The molecule has 0 atom stereocenters. The van der Waals surface area contributed by atoms with Crippen LogP contribution in [0, 0.1) is 0 Å². The van der Waals surface area contributed by atoms with Crippen molar-refractivity contribution in [1.82, 2.24) is 0 Å². The normalized spacial score (nSPS) is 11.8. The summed E-state index contributed by atoms with van der Waals surface area (Å²) in [5.41, 5.74) is 0. The number of sulfone groups is 1. The van der Waals surface area contributed by atoms with Crippen LogP contribution >= 0.6 is 23.2 Å². The van der Waals surface area contributed by atoms with Crippen molar-refractivity contribution in [2.75, 3.05) is 0 Å². The van der Waals surface area contributed by atoms with E-state index in [-0.39, 0.29) is 0 Å². The fourth-order valence-corrected chi connectivity index (χ4v) is 1.59. The Kier molecular flexibility index (Phi) is 3.80. The van der Waals surface area contributed by atoms with Crippen LogP contribution in [0.5, 0.6) is 0 Å². The highest BCUT2D eigenvalue weighted by Gasteiger charge is 2.24. The molecule has 0 fully saturated rings. The topological polar surface area (TPSA) is 34.1 Å². The molecule has 6 heteroatoms. The molecule has 0 N–H and O–H groups in total. The Morgan fingerprint density at radius 1 is 1.36 bits per heavy atom. The van der Waals surface area contributed by atoms with Crippen molar-refractivity contribution in [1.29, 1.82) is 0 Å². The van der Waals surface area contributed by atoms with Gasteiger partial charge in [0.15, 0.2) is 4.49 Å². The molecule has 0 radical (unpaired) electrons. The summed E-state index contributed by atoms with van der Waals surface area (Å²) in [4.78, 5) is 0. The average Bonchev–Trinajstić information content (AvgIpc) is 1.85. The molecule has 11 heavy (non-hydrogen) atoms. The average molecular weight is 221 g/mol. The molecular formula is C5H7Cl2FO2S. The van der Waals surface area contributed by atoms with E-state index in [2.05, 4.69) is 0 Å². The molecule has 0 saturated heterocycles. The lowest BCUT2D eigenvalue weighted by Crippen LogP contribution is -2.14. The zero-order valence-corrected chi connectivity index (χ0v) is 8.26. The highest BCUT2D eigenvalue weighted by molar-refractivity contribution is 7.95. The van der Waals surface area contributed by atoms with Crippen LogP contribution in [0.2, 0.25) is 0 Å². The Balaban J connectivity index is 5.05. The van der Waals surface area contributed by atoms with Gasteiger partial charge in [-0.2, -0.15) is 4.39 Å². The first-order chi connectivity index (χ1) is 4.80.